The molecule has 0 radical (unpaired) electrons. The minimum atomic E-state index is 0.0655. The average Bonchev–Trinajstić information content (AvgIpc) is 3.31. The predicted octanol–water partition coefficient (Wildman–Crippen LogP) is 3.76. The number of hydrogen-bond donors (Lipinski definition) is 1. The van der Waals surface area contributed by atoms with Crippen LogP contribution >= 0.6 is 0 Å². The Bertz CT molecular complexity index is 1120. The van der Waals surface area contributed by atoms with Crippen LogP contribution in [0.3, 0.4) is 0 Å². The minimum Gasteiger partial charge on any atom is -0.481 e. The van der Waals surface area contributed by atoms with Crippen LogP contribution in [0.5, 0.6) is 5.88 Å². The number of methoxy groups -OCH3 is 1. The second-order valence-electron chi connectivity index (χ2n) is 8.79. The zero-order valence-electron chi connectivity index (χ0n) is 17.0. The molecule has 1 aromatic carbocycles. The molecule has 1 N–H and O–H groups in total. The molecule has 0 spiro atoms. The van der Waals surface area contributed by atoms with Crippen LogP contribution in [0.25, 0.3) is 11.3 Å². The molecular weight excluding hydrogens is 364 g/mol. The van der Waals surface area contributed by atoms with Gasteiger partial charge in [-0.15, -0.1) is 0 Å². The van der Waals surface area contributed by atoms with Gasteiger partial charge in [-0.3, -0.25) is 9.89 Å². The number of benzene rings is 1. The Morgan fingerprint density at radius 1 is 1.21 bits per heavy atom. The van der Waals surface area contributed by atoms with E-state index in [1.54, 1.807) is 13.3 Å². The van der Waals surface area contributed by atoms with Crippen molar-refractivity contribution in [1.29, 1.82) is 0 Å². The molecule has 1 amide bonds. The van der Waals surface area contributed by atoms with Crippen molar-refractivity contribution in [2.24, 2.45) is 5.41 Å². The summed E-state index contributed by atoms with van der Waals surface area (Å²) in [5.41, 5.74) is 7.79. The van der Waals surface area contributed by atoms with Crippen molar-refractivity contribution >= 4 is 5.91 Å². The van der Waals surface area contributed by atoms with Crippen LogP contribution in [-0.2, 0) is 25.9 Å². The summed E-state index contributed by atoms with van der Waals surface area (Å²) < 4.78 is 5.19. The molecule has 3 aromatic rings. The molecular formula is C23H24N4O2. The number of carbonyl (C=O) groups is 1. The smallest absolute Gasteiger partial charge is 0.254 e. The fourth-order valence-electron chi connectivity index (χ4n) is 4.53. The molecule has 6 nitrogen and oxygen atoms in total. The molecule has 3 heterocycles. The van der Waals surface area contributed by atoms with Gasteiger partial charge in [-0.25, -0.2) is 4.98 Å². The summed E-state index contributed by atoms with van der Waals surface area (Å²) in [6.45, 7) is 5.72. The second kappa shape index (κ2) is 6.44. The number of nitrogens with zero attached hydrogens (tertiary/aromatic N) is 3. The number of aromatic amines is 1. The number of aromatic nitrogens is 3. The number of hydrogen-bond acceptors (Lipinski definition) is 4. The summed E-state index contributed by atoms with van der Waals surface area (Å²) in [5.74, 6) is 0.625. The summed E-state index contributed by atoms with van der Waals surface area (Å²) in [6, 6.07) is 9.89. The van der Waals surface area contributed by atoms with Gasteiger partial charge < -0.3 is 9.64 Å². The molecule has 5 rings (SSSR count). The SMILES string of the molecule is COc1cc(CN2Cc3cc(-c4n[nH]c5c4CC(C)(C)C5)ccc3C2=O)ccn1. The Hall–Kier alpha value is -3.15. The van der Waals surface area contributed by atoms with E-state index < -0.39 is 0 Å². The number of fused-ring (bicyclic) bond motifs is 2. The Balaban J connectivity index is 1.41. The third-order valence-electron chi connectivity index (χ3n) is 5.90. The normalized spacial score (nSPS) is 16.8. The first-order chi connectivity index (χ1) is 13.9. The first-order valence-corrected chi connectivity index (χ1v) is 9.91. The van der Waals surface area contributed by atoms with Crippen molar-refractivity contribution in [3.63, 3.8) is 0 Å². The molecule has 2 aliphatic rings. The van der Waals surface area contributed by atoms with Gasteiger partial charge in [0.05, 0.1) is 12.8 Å². The third kappa shape index (κ3) is 3.09. The maximum atomic E-state index is 12.9. The number of pyridine rings is 1. The van der Waals surface area contributed by atoms with E-state index in [9.17, 15) is 4.79 Å². The second-order valence-corrected chi connectivity index (χ2v) is 8.79. The zero-order valence-corrected chi connectivity index (χ0v) is 17.0. The van der Waals surface area contributed by atoms with E-state index in [4.69, 9.17) is 4.74 Å². The highest BCUT2D eigenvalue weighted by atomic mass is 16.5. The standard InChI is InChI=1S/C23H24N4O2/c1-23(2)10-18-19(11-23)25-26-21(18)15-4-5-17-16(9-15)13-27(22(17)28)12-14-6-7-24-20(8-14)29-3/h4-9H,10-13H2,1-3H3,(H,25,26). The lowest BCUT2D eigenvalue weighted by molar-refractivity contribution is 0.0766. The van der Waals surface area contributed by atoms with Crippen LogP contribution in [0.1, 0.15) is 46.6 Å². The Labute approximate surface area is 169 Å². The largest absolute Gasteiger partial charge is 0.481 e. The van der Waals surface area contributed by atoms with E-state index in [0.717, 1.165) is 40.8 Å². The van der Waals surface area contributed by atoms with E-state index in [1.165, 1.54) is 11.3 Å². The van der Waals surface area contributed by atoms with Gasteiger partial charge in [-0.05, 0) is 47.6 Å². The van der Waals surface area contributed by atoms with E-state index >= 15 is 0 Å². The quantitative estimate of drug-likeness (QED) is 0.739. The van der Waals surface area contributed by atoms with Crippen molar-refractivity contribution in [1.82, 2.24) is 20.1 Å². The van der Waals surface area contributed by atoms with E-state index in [0.29, 0.717) is 19.0 Å². The maximum absolute atomic E-state index is 12.9. The first-order valence-electron chi connectivity index (χ1n) is 9.91. The number of ether oxygens (including phenoxy) is 1. The first kappa shape index (κ1) is 17.9. The van der Waals surface area contributed by atoms with Gasteiger partial charge in [0, 0.05) is 47.7 Å². The number of rotatable bonds is 4. The van der Waals surface area contributed by atoms with Crippen LogP contribution in [0.2, 0.25) is 0 Å². The molecule has 0 bridgehead atoms. The van der Waals surface area contributed by atoms with Crippen LogP contribution in [0.15, 0.2) is 36.5 Å². The third-order valence-corrected chi connectivity index (χ3v) is 5.90. The molecule has 0 unspecified atom stereocenters. The van der Waals surface area contributed by atoms with Gasteiger partial charge in [0.2, 0.25) is 5.88 Å². The zero-order chi connectivity index (χ0) is 20.2. The number of carbonyl (C=O) groups excluding carboxylic acids is 1. The van der Waals surface area contributed by atoms with Crippen molar-refractivity contribution < 1.29 is 9.53 Å². The van der Waals surface area contributed by atoms with Crippen LogP contribution in [0.4, 0.5) is 0 Å². The Morgan fingerprint density at radius 3 is 2.90 bits per heavy atom. The minimum absolute atomic E-state index is 0.0655. The van der Waals surface area contributed by atoms with E-state index in [-0.39, 0.29) is 11.3 Å². The van der Waals surface area contributed by atoms with Gasteiger partial charge >= 0.3 is 0 Å². The highest BCUT2D eigenvalue weighted by Gasteiger charge is 2.33. The fourth-order valence-corrected chi connectivity index (χ4v) is 4.53. The summed E-state index contributed by atoms with van der Waals surface area (Å²) in [4.78, 5) is 18.9. The summed E-state index contributed by atoms with van der Waals surface area (Å²) in [6.07, 6.45) is 3.77. The van der Waals surface area contributed by atoms with Crippen LogP contribution in [0, 0.1) is 5.41 Å². The van der Waals surface area contributed by atoms with Crippen molar-refractivity contribution in [3.05, 3.63) is 64.5 Å². The number of amides is 1. The van der Waals surface area contributed by atoms with Gasteiger partial charge in [0.1, 0.15) is 0 Å². The monoisotopic (exact) mass is 388 g/mol. The molecule has 148 valence electrons. The summed E-state index contributed by atoms with van der Waals surface area (Å²) >= 11 is 0. The highest BCUT2D eigenvalue weighted by Crippen LogP contribution is 2.40. The van der Waals surface area contributed by atoms with Crippen molar-refractivity contribution in [2.75, 3.05) is 7.11 Å². The van der Waals surface area contributed by atoms with Gasteiger partial charge in [0.15, 0.2) is 0 Å². The van der Waals surface area contributed by atoms with Crippen LogP contribution in [-0.4, -0.2) is 33.1 Å². The molecule has 0 atom stereocenters. The molecule has 2 aromatic heterocycles. The lowest BCUT2D eigenvalue weighted by Gasteiger charge is -2.16. The molecule has 29 heavy (non-hydrogen) atoms. The van der Waals surface area contributed by atoms with E-state index in [1.807, 2.05) is 29.2 Å². The van der Waals surface area contributed by atoms with E-state index in [2.05, 4.69) is 35.1 Å². The van der Waals surface area contributed by atoms with Crippen molar-refractivity contribution in [2.45, 2.75) is 39.8 Å². The lowest BCUT2D eigenvalue weighted by atomic mass is 9.90. The van der Waals surface area contributed by atoms with Gasteiger partial charge in [-0.1, -0.05) is 19.9 Å². The highest BCUT2D eigenvalue weighted by molar-refractivity contribution is 5.99. The van der Waals surface area contributed by atoms with Gasteiger partial charge in [-0.2, -0.15) is 5.10 Å². The molecule has 6 heteroatoms. The van der Waals surface area contributed by atoms with Crippen LogP contribution < -0.4 is 4.74 Å². The lowest BCUT2D eigenvalue weighted by Crippen LogP contribution is -2.23. The molecule has 1 aliphatic carbocycles. The number of nitrogens with one attached hydrogen (secondary N) is 1. The summed E-state index contributed by atoms with van der Waals surface area (Å²) in [7, 11) is 1.59. The molecule has 0 saturated carbocycles. The molecule has 0 fully saturated rings. The number of H-pyrrole nitrogens is 1. The molecule has 1 aliphatic heterocycles. The predicted molar refractivity (Wildman–Crippen MR) is 110 cm³/mol. The fraction of sp³-hybridized carbons (Fsp3) is 0.348. The topological polar surface area (TPSA) is 71.1 Å². The maximum Gasteiger partial charge on any atom is 0.254 e. The van der Waals surface area contributed by atoms with Crippen molar-refractivity contribution in [3.8, 4) is 17.1 Å². The average molecular weight is 388 g/mol. The Morgan fingerprint density at radius 2 is 2.07 bits per heavy atom. The summed E-state index contributed by atoms with van der Waals surface area (Å²) in [5, 5.41) is 7.80. The molecule has 0 saturated heterocycles. The Kier molecular flexibility index (Phi) is 3.98. The van der Waals surface area contributed by atoms with Gasteiger partial charge in [0.25, 0.3) is 5.91 Å².